The summed E-state index contributed by atoms with van der Waals surface area (Å²) in [5, 5.41) is 23.1. The summed E-state index contributed by atoms with van der Waals surface area (Å²) in [5.41, 5.74) is 3.92. The molecule has 0 atom stereocenters. The third kappa shape index (κ3) is 4.10. The molecule has 2 aromatic carbocycles. The number of amides is 1. The van der Waals surface area contributed by atoms with Crippen LogP contribution in [0.25, 0.3) is 11.1 Å². The highest BCUT2D eigenvalue weighted by Crippen LogP contribution is 2.41. The maximum atomic E-state index is 10.5. The van der Waals surface area contributed by atoms with E-state index in [1.807, 2.05) is 47.8 Å². The lowest BCUT2D eigenvalue weighted by atomic mass is 10.0. The maximum absolute atomic E-state index is 10.5. The molecule has 2 N–H and O–H groups in total. The summed E-state index contributed by atoms with van der Waals surface area (Å²) in [6.07, 6.45) is -1.06. The van der Waals surface area contributed by atoms with Gasteiger partial charge in [-0.3, -0.25) is 0 Å². The average molecular weight is 408 g/mol. The minimum Gasteiger partial charge on any atom is -0.478 e. The van der Waals surface area contributed by atoms with Crippen molar-refractivity contribution in [2.45, 2.75) is 13.2 Å². The maximum Gasteiger partial charge on any atom is 0.404 e. The molecule has 0 fully saturated rings. The molecule has 29 heavy (non-hydrogen) atoms. The van der Waals surface area contributed by atoms with E-state index in [4.69, 9.17) is 19.3 Å². The molecule has 146 valence electrons. The van der Waals surface area contributed by atoms with Gasteiger partial charge in [-0.05, 0) is 28.8 Å². The van der Waals surface area contributed by atoms with Gasteiger partial charge in [0.05, 0.1) is 0 Å². The van der Waals surface area contributed by atoms with E-state index in [1.165, 1.54) is 11.3 Å². The van der Waals surface area contributed by atoms with Crippen molar-refractivity contribution >= 4 is 17.4 Å². The van der Waals surface area contributed by atoms with E-state index >= 15 is 0 Å². The van der Waals surface area contributed by atoms with Crippen LogP contribution >= 0.6 is 11.3 Å². The molecule has 3 aromatic rings. The van der Waals surface area contributed by atoms with Crippen LogP contribution in [0.4, 0.5) is 4.79 Å². The fourth-order valence-electron chi connectivity index (χ4n) is 2.91. The Kier molecular flexibility index (Phi) is 5.22. The molecule has 4 rings (SSSR count). The number of benzene rings is 2. The highest BCUT2D eigenvalue weighted by Gasteiger charge is 2.18. The zero-order chi connectivity index (χ0) is 20.2. The molecule has 0 bridgehead atoms. The summed E-state index contributed by atoms with van der Waals surface area (Å²) in [4.78, 5) is 10.5. The average Bonchev–Trinajstić information content (AvgIpc) is 3.37. The molecule has 0 saturated heterocycles. The lowest BCUT2D eigenvalue weighted by molar-refractivity contribution is 0.174. The van der Waals surface area contributed by atoms with E-state index in [1.54, 1.807) is 0 Å². The normalized spacial score (nSPS) is 11.7. The van der Waals surface area contributed by atoms with Gasteiger partial charge in [0.2, 0.25) is 6.79 Å². The second-order valence-corrected chi connectivity index (χ2v) is 7.10. The third-order valence-corrected chi connectivity index (χ3v) is 5.28. The second kappa shape index (κ2) is 8.12. The summed E-state index contributed by atoms with van der Waals surface area (Å²) in [6, 6.07) is 15.2. The number of carboxylic acid groups (broad SMARTS) is 1. The summed E-state index contributed by atoms with van der Waals surface area (Å²) in [6.45, 7) is 0.758. The van der Waals surface area contributed by atoms with Crippen LogP contribution in [0, 0.1) is 11.3 Å². The van der Waals surface area contributed by atoms with Gasteiger partial charge in [0.1, 0.15) is 18.2 Å². The lowest BCUT2D eigenvalue weighted by Gasteiger charge is -2.07. The number of nitrogens with zero attached hydrogens (tertiary/aromatic N) is 1. The smallest absolute Gasteiger partial charge is 0.404 e. The number of nitrogens with one attached hydrogen (secondary N) is 1. The van der Waals surface area contributed by atoms with Crippen LogP contribution in [0.3, 0.4) is 0 Å². The van der Waals surface area contributed by atoms with E-state index in [-0.39, 0.29) is 13.3 Å². The van der Waals surface area contributed by atoms with Crippen molar-refractivity contribution in [2.75, 3.05) is 6.79 Å². The Morgan fingerprint density at radius 2 is 1.93 bits per heavy atom. The molecular weight excluding hydrogens is 392 g/mol. The quantitative estimate of drug-likeness (QED) is 0.628. The molecule has 1 aromatic heterocycles. The van der Waals surface area contributed by atoms with Crippen LogP contribution in [0.15, 0.2) is 47.8 Å². The van der Waals surface area contributed by atoms with Crippen molar-refractivity contribution in [2.24, 2.45) is 0 Å². The van der Waals surface area contributed by atoms with Gasteiger partial charge in [-0.2, -0.15) is 5.26 Å². The first-order valence-corrected chi connectivity index (χ1v) is 9.61. The number of rotatable bonds is 6. The Balaban J connectivity index is 1.46. The minimum atomic E-state index is -1.06. The van der Waals surface area contributed by atoms with Gasteiger partial charge in [0.15, 0.2) is 16.6 Å². The van der Waals surface area contributed by atoms with Gasteiger partial charge in [0.25, 0.3) is 0 Å². The zero-order valence-corrected chi connectivity index (χ0v) is 16.0. The fraction of sp³-hybridized carbons (Fsp3) is 0.143. The number of nitriles is 1. The van der Waals surface area contributed by atoms with Crippen LogP contribution in [0.5, 0.6) is 16.6 Å². The van der Waals surface area contributed by atoms with E-state index in [0.717, 1.165) is 22.3 Å². The number of fused-ring (bicyclic) bond motifs is 1. The SMILES string of the molecule is N#Cc1c(-c2ccc3c(c2)OCO3)csc1OCc1ccc(CNC(=O)O)cc1. The summed E-state index contributed by atoms with van der Waals surface area (Å²) < 4.78 is 16.6. The van der Waals surface area contributed by atoms with Crippen molar-refractivity contribution in [3.8, 4) is 33.8 Å². The molecule has 1 aliphatic rings. The molecule has 2 heterocycles. The van der Waals surface area contributed by atoms with Crippen LogP contribution < -0.4 is 19.5 Å². The topological polar surface area (TPSA) is 101 Å². The highest BCUT2D eigenvalue weighted by molar-refractivity contribution is 7.12. The molecule has 0 unspecified atom stereocenters. The first-order chi connectivity index (χ1) is 14.1. The predicted octanol–water partition coefficient (Wildman–Crippen LogP) is 4.36. The van der Waals surface area contributed by atoms with Gasteiger partial charge in [0, 0.05) is 17.5 Å². The Morgan fingerprint density at radius 1 is 1.17 bits per heavy atom. The van der Waals surface area contributed by atoms with E-state index < -0.39 is 6.09 Å². The predicted molar refractivity (Wildman–Crippen MR) is 106 cm³/mol. The number of ether oxygens (including phenoxy) is 3. The van der Waals surface area contributed by atoms with Gasteiger partial charge >= 0.3 is 6.09 Å². The molecule has 0 radical (unpaired) electrons. The molecule has 0 spiro atoms. The standard InChI is InChI=1S/C21H16N2O5S/c22-8-16-17(15-5-6-18-19(7-15)28-12-27-18)11-29-20(16)26-10-14-3-1-13(2-4-14)9-23-21(24)25/h1-7,11,23H,9-10,12H2,(H,24,25). The highest BCUT2D eigenvalue weighted by atomic mass is 32.1. The number of carbonyl (C=O) groups is 1. The number of thiophene rings is 1. The van der Waals surface area contributed by atoms with Gasteiger partial charge in [-0.1, -0.05) is 30.3 Å². The van der Waals surface area contributed by atoms with Crippen molar-refractivity contribution in [3.05, 3.63) is 64.5 Å². The summed E-state index contributed by atoms with van der Waals surface area (Å²) >= 11 is 1.37. The largest absolute Gasteiger partial charge is 0.478 e. The third-order valence-electron chi connectivity index (χ3n) is 4.39. The van der Waals surface area contributed by atoms with Gasteiger partial charge in [-0.15, -0.1) is 11.3 Å². The Bertz CT molecular complexity index is 1090. The number of hydrogen-bond donors (Lipinski definition) is 2. The molecule has 0 aliphatic carbocycles. The first-order valence-electron chi connectivity index (χ1n) is 8.73. The van der Waals surface area contributed by atoms with Gasteiger partial charge < -0.3 is 24.6 Å². The Labute approximate surface area is 170 Å². The van der Waals surface area contributed by atoms with Crippen LogP contribution in [0.1, 0.15) is 16.7 Å². The molecule has 7 nitrogen and oxygen atoms in total. The Morgan fingerprint density at radius 3 is 2.69 bits per heavy atom. The Hall–Kier alpha value is -3.70. The fourth-order valence-corrected chi connectivity index (χ4v) is 3.79. The van der Waals surface area contributed by atoms with Crippen molar-refractivity contribution in [3.63, 3.8) is 0 Å². The van der Waals surface area contributed by atoms with Crippen LogP contribution in [-0.2, 0) is 13.2 Å². The molecule has 1 aliphatic heterocycles. The molecule has 1 amide bonds. The zero-order valence-electron chi connectivity index (χ0n) is 15.2. The van der Waals surface area contributed by atoms with Crippen molar-refractivity contribution in [1.29, 1.82) is 5.26 Å². The number of hydrogen-bond acceptors (Lipinski definition) is 6. The monoisotopic (exact) mass is 408 g/mol. The van der Waals surface area contributed by atoms with Gasteiger partial charge in [-0.25, -0.2) is 4.79 Å². The van der Waals surface area contributed by atoms with Crippen molar-refractivity contribution in [1.82, 2.24) is 5.32 Å². The molecule has 8 heteroatoms. The van der Waals surface area contributed by atoms with Crippen molar-refractivity contribution < 1.29 is 24.1 Å². The molecule has 0 saturated carbocycles. The minimum absolute atomic E-state index is 0.201. The van der Waals surface area contributed by atoms with E-state index in [2.05, 4.69) is 11.4 Å². The first kappa shape index (κ1) is 18.7. The van der Waals surface area contributed by atoms with E-state index in [9.17, 15) is 10.1 Å². The van der Waals surface area contributed by atoms with E-state index in [0.29, 0.717) is 28.7 Å². The summed E-state index contributed by atoms with van der Waals surface area (Å²) in [5.74, 6) is 1.36. The van der Waals surface area contributed by atoms with Crippen LogP contribution in [0.2, 0.25) is 0 Å². The second-order valence-electron chi connectivity index (χ2n) is 6.26. The molecular formula is C21H16N2O5S. The lowest BCUT2D eigenvalue weighted by Crippen LogP contribution is -2.19. The van der Waals surface area contributed by atoms with Crippen LogP contribution in [-0.4, -0.2) is 18.0 Å². The summed E-state index contributed by atoms with van der Waals surface area (Å²) in [7, 11) is 0.